The molecule has 1 rings (SSSR count). The van der Waals surface area contributed by atoms with Gasteiger partial charge in [-0.1, -0.05) is 0 Å². The van der Waals surface area contributed by atoms with Crippen LogP contribution >= 0.6 is 11.8 Å². The maximum absolute atomic E-state index is 11.5. The Bertz CT molecular complexity index is 369. The monoisotopic (exact) mass is 271 g/mol. The molecule has 0 radical (unpaired) electrons. The van der Waals surface area contributed by atoms with Crippen molar-refractivity contribution >= 4 is 29.4 Å². The zero-order valence-corrected chi connectivity index (χ0v) is 11.3. The van der Waals surface area contributed by atoms with Gasteiger partial charge in [0.2, 0.25) is 11.8 Å². The molecule has 0 saturated heterocycles. The lowest BCUT2D eigenvalue weighted by Crippen LogP contribution is -2.34. The molecule has 8 heteroatoms. The number of thioether (sulfide) groups is 1. The fourth-order valence-corrected chi connectivity index (χ4v) is 1.99. The topological polar surface area (TPSA) is 95.3 Å². The Morgan fingerprint density at radius 3 is 2.72 bits per heavy atom. The lowest BCUT2D eigenvalue weighted by atomic mass is 10.4. The van der Waals surface area contributed by atoms with Gasteiger partial charge in [-0.3, -0.25) is 9.59 Å². The molecule has 0 aliphatic carbocycles. The largest absolute Gasteiger partial charge is 0.355 e. The first-order valence-electron chi connectivity index (χ1n) is 5.64. The van der Waals surface area contributed by atoms with Crippen LogP contribution in [0, 0.1) is 0 Å². The highest BCUT2D eigenvalue weighted by molar-refractivity contribution is 8.01. The molecule has 18 heavy (non-hydrogen) atoms. The van der Waals surface area contributed by atoms with E-state index in [4.69, 9.17) is 0 Å². The van der Waals surface area contributed by atoms with Gasteiger partial charge in [0.1, 0.15) is 0 Å². The number of hydrogen-bond donors (Lipinski definition) is 2. The third-order valence-corrected chi connectivity index (χ3v) is 3.26. The molecule has 1 atom stereocenters. The number of amides is 2. The van der Waals surface area contributed by atoms with Crippen molar-refractivity contribution in [2.75, 3.05) is 25.5 Å². The van der Waals surface area contributed by atoms with Crippen LogP contribution in [-0.4, -0.2) is 48.4 Å². The average molecular weight is 271 g/mol. The Kier molecular flexibility index (Phi) is 6.34. The molecule has 0 aromatic carbocycles. The van der Waals surface area contributed by atoms with E-state index in [2.05, 4.69) is 25.9 Å². The summed E-state index contributed by atoms with van der Waals surface area (Å²) in [6, 6.07) is 0. The molecule has 2 N–H and O–H groups in total. The molecule has 0 saturated carbocycles. The Labute approximate surface area is 110 Å². The van der Waals surface area contributed by atoms with Crippen molar-refractivity contribution < 1.29 is 9.59 Å². The van der Waals surface area contributed by atoms with Gasteiger partial charge < -0.3 is 10.6 Å². The summed E-state index contributed by atoms with van der Waals surface area (Å²) in [5.41, 5.74) is 0. The van der Waals surface area contributed by atoms with Gasteiger partial charge in [0.25, 0.3) is 0 Å². The molecule has 0 bridgehead atoms. The third-order valence-electron chi connectivity index (χ3n) is 2.12. The number of amidine groups is 1. The second-order valence-electron chi connectivity index (χ2n) is 3.69. The molecule has 0 aromatic rings. The quantitative estimate of drug-likeness (QED) is 0.647. The van der Waals surface area contributed by atoms with E-state index in [9.17, 15) is 9.59 Å². The predicted octanol–water partition coefficient (Wildman–Crippen LogP) is 0.182. The second kappa shape index (κ2) is 7.80. The highest BCUT2D eigenvalue weighted by atomic mass is 32.2. The van der Waals surface area contributed by atoms with Crippen LogP contribution in [0.15, 0.2) is 15.2 Å². The Morgan fingerprint density at radius 1 is 1.39 bits per heavy atom. The van der Waals surface area contributed by atoms with Crippen molar-refractivity contribution in [2.24, 2.45) is 15.2 Å². The zero-order chi connectivity index (χ0) is 13.4. The number of rotatable bonds is 7. The minimum Gasteiger partial charge on any atom is -0.355 e. The molecule has 0 fully saturated rings. The van der Waals surface area contributed by atoms with E-state index in [1.807, 2.05) is 6.92 Å². The summed E-state index contributed by atoms with van der Waals surface area (Å²) in [5, 5.41) is 13.0. The van der Waals surface area contributed by atoms with Crippen molar-refractivity contribution in [1.82, 2.24) is 10.6 Å². The minimum atomic E-state index is -0.100. The van der Waals surface area contributed by atoms with Gasteiger partial charge in [-0.15, -0.1) is 16.9 Å². The van der Waals surface area contributed by atoms with Crippen LogP contribution in [-0.2, 0) is 9.59 Å². The van der Waals surface area contributed by atoms with Gasteiger partial charge in [-0.05, 0) is 6.92 Å². The van der Waals surface area contributed by atoms with Crippen LogP contribution in [0.5, 0.6) is 0 Å². The number of azo groups is 1. The standard InChI is InChI=1S/C10H17N5O2S/c1-7(10-13-6-14-15-10)18-5-9(17)12-4-3-11-8(2)16/h7H,3-6H2,1-2H3,(H,11,16)(H,12,17). The zero-order valence-electron chi connectivity index (χ0n) is 10.5. The Balaban J connectivity index is 2.09. The van der Waals surface area contributed by atoms with Gasteiger partial charge in [-0.25, -0.2) is 4.99 Å². The summed E-state index contributed by atoms with van der Waals surface area (Å²) in [6.45, 7) is 4.66. The Morgan fingerprint density at radius 2 is 2.11 bits per heavy atom. The first-order chi connectivity index (χ1) is 8.59. The van der Waals surface area contributed by atoms with E-state index >= 15 is 0 Å². The summed E-state index contributed by atoms with van der Waals surface area (Å²) in [4.78, 5) is 26.2. The number of carbonyl (C=O) groups excluding carboxylic acids is 2. The summed E-state index contributed by atoms with van der Waals surface area (Å²) in [6.07, 6.45) is 0. The van der Waals surface area contributed by atoms with Crippen molar-refractivity contribution in [3.05, 3.63) is 0 Å². The molecule has 1 aliphatic heterocycles. The maximum Gasteiger partial charge on any atom is 0.230 e. The molecule has 0 spiro atoms. The van der Waals surface area contributed by atoms with Crippen molar-refractivity contribution in [2.45, 2.75) is 19.1 Å². The van der Waals surface area contributed by atoms with E-state index in [0.29, 0.717) is 31.3 Å². The fraction of sp³-hybridized carbons (Fsp3) is 0.700. The molecule has 100 valence electrons. The maximum atomic E-state index is 11.5. The minimum absolute atomic E-state index is 0.0623. The van der Waals surface area contributed by atoms with Crippen molar-refractivity contribution in [3.63, 3.8) is 0 Å². The number of hydrogen-bond acceptors (Lipinski definition) is 6. The summed E-state index contributed by atoms with van der Waals surface area (Å²) in [5.74, 6) is 0.867. The average Bonchev–Trinajstić information content (AvgIpc) is 2.85. The van der Waals surface area contributed by atoms with E-state index in [-0.39, 0.29) is 17.1 Å². The molecule has 0 aromatic heterocycles. The molecule has 1 unspecified atom stereocenters. The van der Waals surface area contributed by atoms with Gasteiger partial charge in [0.05, 0.1) is 11.0 Å². The summed E-state index contributed by atoms with van der Waals surface area (Å²) >= 11 is 1.46. The van der Waals surface area contributed by atoms with Gasteiger partial charge in [0.15, 0.2) is 12.5 Å². The smallest absolute Gasteiger partial charge is 0.230 e. The van der Waals surface area contributed by atoms with E-state index in [0.717, 1.165) is 0 Å². The number of nitrogens with zero attached hydrogens (tertiary/aromatic N) is 3. The fourth-order valence-electron chi connectivity index (χ4n) is 1.22. The third kappa shape index (κ3) is 5.76. The normalized spacial score (nSPS) is 15.1. The lowest BCUT2D eigenvalue weighted by Gasteiger charge is -2.09. The predicted molar refractivity (Wildman–Crippen MR) is 70.8 cm³/mol. The van der Waals surface area contributed by atoms with E-state index in [1.165, 1.54) is 18.7 Å². The van der Waals surface area contributed by atoms with Gasteiger partial charge >= 0.3 is 0 Å². The summed E-state index contributed by atoms with van der Waals surface area (Å²) < 4.78 is 0. The van der Waals surface area contributed by atoms with Crippen molar-refractivity contribution in [3.8, 4) is 0 Å². The molecular formula is C10H17N5O2S. The van der Waals surface area contributed by atoms with Crippen LogP contribution in [0.2, 0.25) is 0 Å². The molecule has 1 heterocycles. The lowest BCUT2D eigenvalue weighted by molar-refractivity contribution is -0.120. The van der Waals surface area contributed by atoms with Crippen LogP contribution in [0.25, 0.3) is 0 Å². The molecule has 7 nitrogen and oxygen atoms in total. The van der Waals surface area contributed by atoms with Crippen molar-refractivity contribution in [1.29, 1.82) is 0 Å². The second-order valence-corrected chi connectivity index (χ2v) is 5.01. The summed E-state index contributed by atoms with van der Waals surface area (Å²) in [7, 11) is 0. The molecule has 2 amide bonds. The van der Waals surface area contributed by atoms with Crippen LogP contribution in [0.4, 0.5) is 0 Å². The number of aliphatic imine (C=N–C) groups is 1. The van der Waals surface area contributed by atoms with Gasteiger partial charge in [-0.2, -0.15) is 5.11 Å². The molecule has 1 aliphatic rings. The Hall–Kier alpha value is -1.44. The molecular weight excluding hydrogens is 254 g/mol. The first-order valence-corrected chi connectivity index (χ1v) is 6.69. The van der Waals surface area contributed by atoms with Crippen LogP contribution < -0.4 is 10.6 Å². The van der Waals surface area contributed by atoms with E-state index < -0.39 is 0 Å². The van der Waals surface area contributed by atoms with Crippen LogP contribution in [0.3, 0.4) is 0 Å². The van der Waals surface area contributed by atoms with Crippen LogP contribution in [0.1, 0.15) is 13.8 Å². The SMILES string of the molecule is CC(=O)NCCNC(=O)CSC(C)C1=NCN=N1. The highest BCUT2D eigenvalue weighted by Crippen LogP contribution is 2.15. The highest BCUT2D eigenvalue weighted by Gasteiger charge is 2.14. The van der Waals surface area contributed by atoms with E-state index in [1.54, 1.807) is 0 Å². The number of carbonyl (C=O) groups is 2. The van der Waals surface area contributed by atoms with Gasteiger partial charge in [0, 0.05) is 20.0 Å². The number of nitrogens with one attached hydrogen (secondary N) is 2. The first kappa shape index (κ1) is 14.6.